The van der Waals surface area contributed by atoms with Gasteiger partial charge in [-0.2, -0.15) is 0 Å². The van der Waals surface area contributed by atoms with Crippen LogP contribution in [0.2, 0.25) is 0 Å². The molecule has 0 bridgehead atoms. The fourth-order valence-corrected chi connectivity index (χ4v) is 2.65. The van der Waals surface area contributed by atoms with E-state index >= 15 is 0 Å². The number of rotatable bonds is 4. The number of piperazine rings is 1. The summed E-state index contributed by atoms with van der Waals surface area (Å²) >= 11 is 3.35. The van der Waals surface area contributed by atoms with E-state index in [9.17, 15) is 9.59 Å². The molecular formula is C15H20BrN3O3. The first-order valence-corrected chi connectivity index (χ1v) is 7.90. The summed E-state index contributed by atoms with van der Waals surface area (Å²) in [5.41, 5.74) is 6.41. The lowest BCUT2D eigenvalue weighted by molar-refractivity contribution is -0.135. The third kappa shape index (κ3) is 4.06. The zero-order valence-electron chi connectivity index (χ0n) is 12.5. The maximum Gasteiger partial charge on any atom is 0.253 e. The summed E-state index contributed by atoms with van der Waals surface area (Å²) in [6.45, 7) is 2.23. The minimum Gasteiger partial charge on any atom is -0.383 e. The van der Waals surface area contributed by atoms with Crippen molar-refractivity contribution in [1.82, 2.24) is 9.80 Å². The van der Waals surface area contributed by atoms with Crippen LogP contribution in [0.15, 0.2) is 28.7 Å². The second-order valence-corrected chi connectivity index (χ2v) is 6.10. The number of carbonyl (C=O) groups is 2. The van der Waals surface area contributed by atoms with Gasteiger partial charge in [-0.3, -0.25) is 9.59 Å². The van der Waals surface area contributed by atoms with Crippen molar-refractivity contribution in [2.24, 2.45) is 5.73 Å². The molecule has 22 heavy (non-hydrogen) atoms. The van der Waals surface area contributed by atoms with Gasteiger partial charge in [-0.1, -0.05) is 15.9 Å². The second kappa shape index (κ2) is 7.71. The van der Waals surface area contributed by atoms with Crippen LogP contribution in [0.1, 0.15) is 10.4 Å². The minimum atomic E-state index is -0.640. The predicted molar refractivity (Wildman–Crippen MR) is 86.5 cm³/mol. The van der Waals surface area contributed by atoms with Crippen molar-refractivity contribution in [3.05, 3.63) is 34.3 Å². The summed E-state index contributed by atoms with van der Waals surface area (Å²) in [6.07, 6.45) is 0. The minimum absolute atomic E-state index is 0.0132. The lowest BCUT2D eigenvalue weighted by Gasteiger charge is -2.35. The molecule has 1 atom stereocenters. The highest BCUT2D eigenvalue weighted by atomic mass is 79.9. The van der Waals surface area contributed by atoms with Crippen molar-refractivity contribution in [2.45, 2.75) is 6.04 Å². The van der Waals surface area contributed by atoms with Crippen molar-refractivity contribution in [1.29, 1.82) is 0 Å². The van der Waals surface area contributed by atoms with Gasteiger partial charge in [0.25, 0.3) is 5.91 Å². The van der Waals surface area contributed by atoms with Crippen LogP contribution in [-0.2, 0) is 9.53 Å². The average molecular weight is 370 g/mol. The molecule has 1 aliphatic rings. The molecule has 1 fully saturated rings. The van der Waals surface area contributed by atoms with Crippen LogP contribution < -0.4 is 5.73 Å². The first kappa shape index (κ1) is 16.9. The summed E-state index contributed by atoms with van der Waals surface area (Å²) in [5.74, 6) is -0.140. The van der Waals surface area contributed by atoms with Crippen LogP contribution in [0.5, 0.6) is 0 Å². The topological polar surface area (TPSA) is 75.9 Å². The number of halogens is 1. The third-order valence-corrected chi connectivity index (χ3v) is 4.16. The van der Waals surface area contributed by atoms with Gasteiger partial charge in [-0.25, -0.2) is 0 Å². The molecular weight excluding hydrogens is 350 g/mol. The zero-order valence-corrected chi connectivity index (χ0v) is 14.1. The Morgan fingerprint density at radius 1 is 1.18 bits per heavy atom. The maximum absolute atomic E-state index is 12.4. The summed E-state index contributed by atoms with van der Waals surface area (Å²) in [7, 11) is 1.52. The number of benzene rings is 1. The number of nitrogens with zero attached hydrogens (tertiary/aromatic N) is 2. The van der Waals surface area contributed by atoms with Crippen molar-refractivity contribution in [2.75, 3.05) is 39.9 Å². The Hall–Kier alpha value is -1.44. The van der Waals surface area contributed by atoms with Gasteiger partial charge in [0.2, 0.25) is 5.91 Å². The number of hydrogen-bond acceptors (Lipinski definition) is 4. The van der Waals surface area contributed by atoms with Crippen molar-refractivity contribution < 1.29 is 14.3 Å². The van der Waals surface area contributed by atoms with E-state index in [0.29, 0.717) is 31.7 Å². The average Bonchev–Trinajstić information content (AvgIpc) is 2.54. The van der Waals surface area contributed by atoms with Gasteiger partial charge in [0.1, 0.15) is 6.04 Å². The molecule has 2 amide bonds. The maximum atomic E-state index is 12.4. The SMILES string of the molecule is COCC(N)C(=O)N1CCN(C(=O)c2ccc(Br)cc2)CC1. The number of hydrogen-bond donors (Lipinski definition) is 1. The Kier molecular flexibility index (Phi) is 5.93. The molecule has 1 aliphatic heterocycles. The van der Waals surface area contributed by atoms with Crippen LogP contribution in [-0.4, -0.2) is 67.6 Å². The molecule has 120 valence electrons. The predicted octanol–water partition coefficient (Wildman–Crippen LogP) is 0.707. The van der Waals surface area contributed by atoms with Crippen LogP contribution in [0.4, 0.5) is 0 Å². The normalized spacial score (nSPS) is 16.5. The van der Waals surface area contributed by atoms with Gasteiger partial charge in [0.05, 0.1) is 6.61 Å². The molecule has 1 unspecified atom stereocenters. The molecule has 0 radical (unpaired) electrons. The largest absolute Gasteiger partial charge is 0.383 e. The van der Waals surface area contributed by atoms with E-state index in [1.54, 1.807) is 21.9 Å². The quantitative estimate of drug-likeness (QED) is 0.847. The summed E-state index contributed by atoms with van der Waals surface area (Å²) < 4.78 is 5.84. The smallest absolute Gasteiger partial charge is 0.253 e. The van der Waals surface area contributed by atoms with Crippen LogP contribution in [0.25, 0.3) is 0 Å². The fourth-order valence-electron chi connectivity index (χ4n) is 2.39. The highest BCUT2D eigenvalue weighted by Gasteiger charge is 2.27. The summed E-state index contributed by atoms with van der Waals surface area (Å²) in [5, 5.41) is 0. The molecule has 7 heteroatoms. The Morgan fingerprint density at radius 3 is 2.27 bits per heavy atom. The molecule has 1 aromatic carbocycles. The lowest BCUT2D eigenvalue weighted by Crippen LogP contribution is -2.55. The molecule has 2 N–H and O–H groups in total. The van der Waals surface area contributed by atoms with E-state index < -0.39 is 6.04 Å². The van der Waals surface area contributed by atoms with E-state index in [4.69, 9.17) is 10.5 Å². The van der Waals surface area contributed by atoms with Gasteiger partial charge in [-0.05, 0) is 24.3 Å². The van der Waals surface area contributed by atoms with Gasteiger partial charge in [0.15, 0.2) is 0 Å². The van der Waals surface area contributed by atoms with E-state index in [0.717, 1.165) is 4.47 Å². The van der Waals surface area contributed by atoms with E-state index in [1.807, 2.05) is 12.1 Å². The van der Waals surface area contributed by atoms with Crippen molar-refractivity contribution in [3.63, 3.8) is 0 Å². The summed E-state index contributed by atoms with van der Waals surface area (Å²) in [6, 6.07) is 6.63. The van der Waals surface area contributed by atoms with Gasteiger partial charge < -0.3 is 20.3 Å². The summed E-state index contributed by atoms with van der Waals surface area (Å²) in [4.78, 5) is 27.9. The molecule has 1 saturated heterocycles. The number of nitrogens with two attached hydrogens (primary N) is 1. The third-order valence-electron chi connectivity index (χ3n) is 3.63. The molecule has 2 rings (SSSR count). The molecule has 0 aliphatic carbocycles. The van der Waals surface area contributed by atoms with Gasteiger partial charge >= 0.3 is 0 Å². The Labute approximate surface area is 138 Å². The number of carbonyl (C=O) groups excluding carboxylic acids is 2. The van der Waals surface area contributed by atoms with Crippen molar-refractivity contribution in [3.8, 4) is 0 Å². The van der Waals surface area contributed by atoms with E-state index in [1.165, 1.54) is 7.11 Å². The van der Waals surface area contributed by atoms with Crippen molar-refractivity contribution >= 4 is 27.7 Å². The Balaban J connectivity index is 1.90. The highest BCUT2D eigenvalue weighted by molar-refractivity contribution is 9.10. The van der Waals surface area contributed by atoms with E-state index in [2.05, 4.69) is 15.9 Å². The number of amides is 2. The highest BCUT2D eigenvalue weighted by Crippen LogP contribution is 2.14. The number of methoxy groups -OCH3 is 1. The van der Waals surface area contributed by atoms with Gasteiger partial charge in [-0.15, -0.1) is 0 Å². The fraction of sp³-hybridized carbons (Fsp3) is 0.467. The molecule has 1 heterocycles. The Bertz CT molecular complexity index is 527. The van der Waals surface area contributed by atoms with Gasteiger partial charge in [0, 0.05) is 43.3 Å². The van der Waals surface area contributed by atoms with Crippen LogP contribution >= 0.6 is 15.9 Å². The van der Waals surface area contributed by atoms with Crippen LogP contribution in [0, 0.1) is 0 Å². The number of ether oxygens (including phenoxy) is 1. The molecule has 0 aromatic heterocycles. The van der Waals surface area contributed by atoms with E-state index in [-0.39, 0.29) is 18.4 Å². The molecule has 1 aromatic rings. The molecule has 6 nitrogen and oxygen atoms in total. The molecule has 0 saturated carbocycles. The zero-order chi connectivity index (χ0) is 16.1. The Morgan fingerprint density at radius 2 is 1.73 bits per heavy atom. The van der Waals surface area contributed by atoms with Crippen LogP contribution in [0.3, 0.4) is 0 Å². The second-order valence-electron chi connectivity index (χ2n) is 5.19. The lowest BCUT2D eigenvalue weighted by atomic mass is 10.1. The monoisotopic (exact) mass is 369 g/mol. The standard InChI is InChI=1S/C15H20BrN3O3/c1-22-10-13(17)15(21)19-8-6-18(7-9-19)14(20)11-2-4-12(16)5-3-11/h2-5,13H,6-10,17H2,1H3. The molecule has 0 spiro atoms. The first-order chi connectivity index (χ1) is 10.5. The first-order valence-electron chi connectivity index (χ1n) is 7.11.